The van der Waals surface area contributed by atoms with E-state index in [1.165, 1.54) is 10.6 Å². The molecular formula is C18H23N5O2. The molecule has 1 amide bonds. The van der Waals surface area contributed by atoms with E-state index in [1.807, 2.05) is 12.1 Å². The van der Waals surface area contributed by atoms with Gasteiger partial charge in [-0.2, -0.15) is 0 Å². The third-order valence-corrected chi connectivity index (χ3v) is 4.46. The maximum atomic E-state index is 12.1. The fourth-order valence-electron chi connectivity index (χ4n) is 2.72. The zero-order valence-electron chi connectivity index (χ0n) is 14.6. The van der Waals surface area contributed by atoms with E-state index in [2.05, 4.69) is 27.1 Å². The van der Waals surface area contributed by atoms with Crippen molar-refractivity contribution in [3.05, 3.63) is 58.1 Å². The monoisotopic (exact) mass is 341 g/mol. The Morgan fingerprint density at radius 1 is 1.16 bits per heavy atom. The van der Waals surface area contributed by atoms with Crippen LogP contribution in [-0.4, -0.2) is 53.6 Å². The molecule has 3 rings (SSSR count). The van der Waals surface area contributed by atoms with Crippen LogP contribution in [0.25, 0.3) is 0 Å². The zero-order valence-corrected chi connectivity index (χ0v) is 14.6. The van der Waals surface area contributed by atoms with Gasteiger partial charge < -0.3 is 19.7 Å². The van der Waals surface area contributed by atoms with Crippen LogP contribution in [0.15, 0.2) is 41.5 Å². The number of piperazine rings is 1. The van der Waals surface area contributed by atoms with E-state index in [9.17, 15) is 9.59 Å². The molecule has 1 fully saturated rings. The predicted molar refractivity (Wildman–Crippen MR) is 96.8 cm³/mol. The fraction of sp³-hybridized carbons (Fsp3) is 0.389. The first kappa shape index (κ1) is 17.2. The van der Waals surface area contributed by atoms with E-state index >= 15 is 0 Å². The quantitative estimate of drug-likeness (QED) is 0.875. The molecule has 0 spiro atoms. The Labute approximate surface area is 146 Å². The van der Waals surface area contributed by atoms with Gasteiger partial charge in [-0.15, -0.1) is 0 Å². The van der Waals surface area contributed by atoms with Crippen molar-refractivity contribution < 1.29 is 4.79 Å². The molecule has 0 bridgehead atoms. The summed E-state index contributed by atoms with van der Waals surface area (Å²) in [5.41, 5.74) is 1.09. The summed E-state index contributed by atoms with van der Waals surface area (Å²) in [6.45, 7) is 4.40. The Balaban J connectivity index is 1.57. The maximum absolute atomic E-state index is 12.1. The highest BCUT2D eigenvalue weighted by molar-refractivity contribution is 5.93. The van der Waals surface area contributed by atoms with Gasteiger partial charge in [0.15, 0.2) is 0 Å². The minimum absolute atomic E-state index is 0.203. The highest BCUT2D eigenvalue weighted by Gasteiger charge is 2.15. The van der Waals surface area contributed by atoms with Crippen molar-refractivity contribution in [3.63, 3.8) is 0 Å². The van der Waals surface area contributed by atoms with Crippen molar-refractivity contribution in [2.75, 3.05) is 38.1 Å². The van der Waals surface area contributed by atoms with Crippen LogP contribution in [-0.2, 0) is 13.6 Å². The van der Waals surface area contributed by atoms with Crippen LogP contribution >= 0.6 is 0 Å². The lowest BCUT2D eigenvalue weighted by Crippen LogP contribution is -2.44. The number of hydrogen-bond acceptors (Lipinski definition) is 5. The van der Waals surface area contributed by atoms with Gasteiger partial charge in [-0.1, -0.05) is 6.07 Å². The third-order valence-electron chi connectivity index (χ3n) is 4.46. The number of carbonyl (C=O) groups is 1. The number of carbonyl (C=O) groups excluding carboxylic acids is 1. The molecule has 0 aromatic carbocycles. The average molecular weight is 341 g/mol. The number of pyridine rings is 2. The minimum Gasteiger partial charge on any atom is -0.354 e. The second-order valence-corrected chi connectivity index (χ2v) is 6.36. The molecule has 2 aromatic heterocycles. The van der Waals surface area contributed by atoms with Crippen molar-refractivity contribution in [1.29, 1.82) is 0 Å². The Bertz CT molecular complexity index is 792. The number of nitrogens with zero attached hydrogens (tertiary/aromatic N) is 4. The van der Waals surface area contributed by atoms with Crippen molar-refractivity contribution in [3.8, 4) is 0 Å². The summed E-state index contributed by atoms with van der Waals surface area (Å²) in [4.78, 5) is 32.8. The second kappa shape index (κ2) is 7.48. The molecule has 25 heavy (non-hydrogen) atoms. The minimum atomic E-state index is -0.263. The van der Waals surface area contributed by atoms with Gasteiger partial charge in [0, 0.05) is 63.8 Å². The summed E-state index contributed by atoms with van der Waals surface area (Å²) in [6, 6.07) is 6.94. The topological polar surface area (TPSA) is 70.5 Å². The number of nitrogens with one attached hydrogen (secondary N) is 1. The molecule has 7 heteroatoms. The van der Waals surface area contributed by atoms with Crippen LogP contribution in [0, 0.1) is 0 Å². The normalized spacial score (nSPS) is 15.2. The molecule has 7 nitrogen and oxygen atoms in total. The molecule has 0 aliphatic carbocycles. The molecule has 2 aromatic rings. The lowest BCUT2D eigenvalue weighted by molar-refractivity contribution is 0.0950. The molecule has 1 saturated heterocycles. The number of amides is 1. The number of anilines is 1. The van der Waals surface area contributed by atoms with Crippen molar-refractivity contribution in [2.24, 2.45) is 7.05 Å². The number of hydrogen-bond donors (Lipinski definition) is 1. The first-order chi connectivity index (χ1) is 12.0. The second-order valence-electron chi connectivity index (χ2n) is 6.36. The maximum Gasteiger partial charge on any atom is 0.251 e. The third kappa shape index (κ3) is 4.24. The van der Waals surface area contributed by atoms with Crippen LogP contribution in [0.3, 0.4) is 0 Å². The largest absolute Gasteiger partial charge is 0.354 e. The van der Waals surface area contributed by atoms with Gasteiger partial charge in [-0.3, -0.25) is 9.59 Å². The van der Waals surface area contributed by atoms with Gasteiger partial charge in [0.1, 0.15) is 5.82 Å². The van der Waals surface area contributed by atoms with Crippen LogP contribution < -0.4 is 15.8 Å². The Hall–Kier alpha value is -2.67. The summed E-state index contributed by atoms with van der Waals surface area (Å²) >= 11 is 0. The Morgan fingerprint density at radius 3 is 2.56 bits per heavy atom. The number of aryl methyl sites for hydroxylation is 1. The summed E-state index contributed by atoms with van der Waals surface area (Å²) in [5, 5.41) is 2.82. The molecule has 0 saturated carbocycles. The Kier molecular flexibility index (Phi) is 5.14. The van der Waals surface area contributed by atoms with E-state index in [1.54, 1.807) is 25.5 Å². The molecular weight excluding hydrogens is 318 g/mol. The predicted octanol–water partition coefficient (Wildman–Crippen LogP) is 0.462. The summed E-state index contributed by atoms with van der Waals surface area (Å²) in [7, 11) is 3.77. The Morgan fingerprint density at radius 2 is 1.92 bits per heavy atom. The van der Waals surface area contributed by atoms with E-state index in [-0.39, 0.29) is 11.5 Å². The number of rotatable bonds is 4. The van der Waals surface area contributed by atoms with Crippen molar-refractivity contribution >= 4 is 11.7 Å². The van der Waals surface area contributed by atoms with Crippen LogP contribution in [0.4, 0.5) is 5.82 Å². The average Bonchev–Trinajstić information content (AvgIpc) is 2.63. The lowest BCUT2D eigenvalue weighted by Gasteiger charge is -2.33. The van der Waals surface area contributed by atoms with E-state index in [4.69, 9.17) is 0 Å². The van der Waals surface area contributed by atoms with Gasteiger partial charge in [0.05, 0.1) is 0 Å². The summed E-state index contributed by atoms with van der Waals surface area (Å²) in [6.07, 6.45) is 3.38. The molecule has 1 aliphatic rings. The van der Waals surface area contributed by atoms with E-state index in [0.29, 0.717) is 12.1 Å². The van der Waals surface area contributed by atoms with Crippen molar-refractivity contribution in [2.45, 2.75) is 6.54 Å². The highest BCUT2D eigenvalue weighted by atomic mass is 16.2. The van der Waals surface area contributed by atoms with Crippen LogP contribution in [0.5, 0.6) is 0 Å². The van der Waals surface area contributed by atoms with Crippen LogP contribution in [0.2, 0.25) is 0 Å². The summed E-state index contributed by atoms with van der Waals surface area (Å²) < 4.78 is 1.43. The summed E-state index contributed by atoms with van der Waals surface area (Å²) in [5.74, 6) is 0.704. The van der Waals surface area contributed by atoms with Gasteiger partial charge >= 0.3 is 0 Å². The SMILES string of the molecule is CN1CCN(c2ccc(CNC(=O)c3ccn(C)c(=O)c3)cn2)CC1. The molecule has 0 unspecified atom stereocenters. The van der Waals surface area contributed by atoms with E-state index in [0.717, 1.165) is 37.6 Å². The van der Waals surface area contributed by atoms with Crippen LogP contribution in [0.1, 0.15) is 15.9 Å². The van der Waals surface area contributed by atoms with Gasteiger partial charge in [-0.05, 0) is 24.7 Å². The van der Waals surface area contributed by atoms with Gasteiger partial charge in [0.25, 0.3) is 11.5 Å². The lowest BCUT2D eigenvalue weighted by atomic mass is 10.2. The zero-order chi connectivity index (χ0) is 17.8. The molecule has 0 atom stereocenters. The first-order valence-electron chi connectivity index (χ1n) is 8.36. The molecule has 1 aliphatic heterocycles. The number of aromatic nitrogens is 2. The van der Waals surface area contributed by atoms with E-state index < -0.39 is 0 Å². The van der Waals surface area contributed by atoms with Gasteiger partial charge in [-0.25, -0.2) is 4.98 Å². The smallest absolute Gasteiger partial charge is 0.251 e. The van der Waals surface area contributed by atoms with Crippen molar-refractivity contribution in [1.82, 2.24) is 19.8 Å². The van der Waals surface area contributed by atoms with Gasteiger partial charge in [0.2, 0.25) is 0 Å². The molecule has 3 heterocycles. The molecule has 132 valence electrons. The standard InChI is InChI=1S/C18H23N5O2/c1-21-7-9-23(10-8-21)16-4-3-14(12-19-16)13-20-18(25)15-5-6-22(2)17(24)11-15/h3-6,11-12H,7-10,13H2,1-2H3,(H,20,25). The number of likely N-dealkylation sites (N-methyl/N-ethyl adjacent to an activating group) is 1. The molecule has 1 N–H and O–H groups in total. The highest BCUT2D eigenvalue weighted by Crippen LogP contribution is 2.13. The molecule has 0 radical (unpaired) electrons. The first-order valence-corrected chi connectivity index (χ1v) is 8.36. The fourth-order valence-corrected chi connectivity index (χ4v) is 2.72.